The molecule has 0 aliphatic carbocycles. The van der Waals surface area contributed by atoms with Gasteiger partial charge in [-0.2, -0.15) is 0 Å². The van der Waals surface area contributed by atoms with Crippen LogP contribution in [0.2, 0.25) is 0 Å². The van der Waals surface area contributed by atoms with Crippen molar-refractivity contribution in [3.8, 4) is 0 Å². The van der Waals surface area contributed by atoms with E-state index in [1.807, 2.05) is 26.2 Å². The van der Waals surface area contributed by atoms with E-state index in [-0.39, 0.29) is 6.04 Å². The lowest BCUT2D eigenvalue weighted by molar-refractivity contribution is 0.0698. The number of ether oxygens (including phenoxy) is 2. The highest BCUT2D eigenvalue weighted by Crippen LogP contribution is 2.18. The van der Waals surface area contributed by atoms with Gasteiger partial charge in [-0.05, 0) is 39.6 Å². The molecule has 0 saturated heterocycles. The molecule has 1 rings (SSSR count). The van der Waals surface area contributed by atoms with Crippen LogP contribution < -0.4 is 10.6 Å². The molecule has 1 unspecified atom stereocenters. The molecule has 1 aromatic heterocycles. The molecule has 1 atom stereocenters. The molecule has 24 heavy (non-hydrogen) atoms. The van der Waals surface area contributed by atoms with Crippen molar-refractivity contribution in [2.24, 2.45) is 4.99 Å². The maximum atomic E-state index is 5.52. The van der Waals surface area contributed by atoms with Crippen molar-refractivity contribution in [1.29, 1.82) is 0 Å². The first-order valence-electron chi connectivity index (χ1n) is 8.47. The van der Waals surface area contributed by atoms with Gasteiger partial charge in [0.05, 0.1) is 32.1 Å². The molecule has 0 fully saturated rings. The standard InChI is InChI=1S/C17H32N4O3/c1-5-18-17(19-9-7-10-23-13-12-22-4)20-14-15(21(2)3)16-8-6-11-24-16/h6,8,11,15H,5,7,9-10,12-14H2,1-4H3,(H2,18,19,20). The van der Waals surface area contributed by atoms with E-state index in [4.69, 9.17) is 13.9 Å². The summed E-state index contributed by atoms with van der Waals surface area (Å²) in [6.07, 6.45) is 2.62. The molecule has 0 aliphatic rings. The SMILES string of the molecule is CCNC(=NCC(c1ccco1)N(C)C)NCCCOCCOC. The van der Waals surface area contributed by atoms with Crippen LogP contribution in [-0.2, 0) is 9.47 Å². The first-order chi connectivity index (χ1) is 11.7. The topological polar surface area (TPSA) is 71.3 Å². The van der Waals surface area contributed by atoms with Crippen LogP contribution in [0.15, 0.2) is 27.8 Å². The summed E-state index contributed by atoms with van der Waals surface area (Å²) in [5.41, 5.74) is 0. The monoisotopic (exact) mass is 340 g/mol. The minimum Gasteiger partial charge on any atom is -0.468 e. The summed E-state index contributed by atoms with van der Waals surface area (Å²) in [6.45, 7) is 6.30. The lowest BCUT2D eigenvalue weighted by atomic mass is 10.2. The third-order valence-corrected chi connectivity index (χ3v) is 3.45. The average Bonchev–Trinajstić information content (AvgIpc) is 3.08. The Morgan fingerprint density at radius 1 is 1.29 bits per heavy atom. The van der Waals surface area contributed by atoms with Gasteiger partial charge in [0, 0.05) is 26.8 Å². The summed E-state index contributed by atoms with van der Waals surface area (Å²) < 4.78 is 15.9. The largest absolute Gasteiger partial charge is 0.468 e. The summed E-state index contributed by atoms with van der Waals surface area (Å²) in [6, 6.07) is 4.01. The third-order valence-electron chi connectivity index (χ3n) is 3.45. The molecule has 0 bridgehead atoms. The van der Waals surface area contributed by atoms with E-state index >= 15 is 0 Å². The molecule has 0 spiro atoms. The minimum absolute atomic E-state index is 0.118. The van der Waals surface area contributed by atoms with Gasteiger partial charge in [0.2, 0.25) is 0 Å². The minimum atomic E-state index is 0.118. The van der Waals surface area contributed by atoms with Crippen molar-refractivity contribution in [1.82, 2.24) is 15.5 Å². The van der Waals surface area contributed by atoms with Gasteiger partial charge in [0.1, 0.15) is 5.76 Å². The number of rotatable bonds is 12. The number of hydrogen-bond donors (Lipinski definition) is 2. The average molecular weight is 340 g/mol. The van der Waals surface area contributed by atoms with Crippen molar-refractivity contribution in [2.75, 3.05) is 60.7 Å². The molecule has 1 aromatic rings. The van der Waals surface area contributed by atoms with Crippen LogP contribution in [-0.4, -0.2) is 71.5 Å². The quantitative estimate of drug-likeness (QED) is 0.341. The van der Waals surface area contributed by atoms with E-state index in [1.165, 1.54) is 0 Å². The summed E-state index contributed by atoms with van der Waals surface area (Å²) >= 11 is 0. The van der Waals surface area contributed by atoms with Crippen molar-refractivity contribution < 1.29 is 13.9 Å². The fourth-order valence-corrected chi connectivity index (χ4v) is 2.13. The number of nitrogens with zero attached hydrogens (tertiary/aromatic N) is 2. The predicted molar refractivity (Wildman–Crippen MR) is 96.4 cm³/mol. The second kappa shape index (κ2) is 12.8. The van der Waals surface area contributed by atoms with Crippen LogP contribution in [0.4, 0.5) is 0 Å². The number of hydrogen-bond acceptors (Lipinski definition) is 5. The van der Waals surface area contributed by atoms with E-state index in [1.54, 1.807) is 13.4 Å². The normalized spacial score (nSPS) is 13.3. The van der Waals surface area contributed by atoms with Crippen LogP contribution in [0.3, 0.4) is 0 Å². The van der Waals surface area contributed by atoms with Crippen molar-refractivity contribution in [2.45, 2.75) is 19.4 Å². The molecule has 0 aliphatic heterocycles. The molecular weight excluding hydrogens is 308 g/mol. The van der Waals surface area contributed by atoms with Gasteiger partial charge in [-0.15, -0.1) is 0 Å². The molecule has 138 valence electrons. The second-order valence-corrected chi connectivity index (χ2v) is 5.60. The van der Waals surface area contributed by atoms with Crippen LogP contribution in [0.25, 0.3) is 0 Å². The number of methoxy groups -OCH3 is 1. The molecule has 1 heterocycles. The Labute approximate surface area is 145 Å². The van der Waals surface area contributed by atoms with Crippen LogP contribution in [0, 0.1) is 0 Å². The first-order valence-corrected chi connectivity index (χ1v) is 8.47. The van der Waals surface area contributed by atoms with Crippen molar-refractivity contribution in [3.05, 3.63) is 24.2 Å². The van der Waals surface area contributed by atoms with E-state index in [0.29, 0.717) is 26.4 Å². The maximum Gasteiger partial charge on any atom is 0.191 e. The Balaban J connectivity index is 2.40. The summed E-state index contributed by atoms with van der Waals surface area (Å²) in [7, 11) is 5.73. The van der Waals surface area contributed by atoms with Gasteiger partial charge in [-0.3, -0.25) is 9.89 Å². The molecule has 2 N–H and O–H groups in total. The van der Waals surface area contributed by atoms with Crippen molar-refractivity contribution >= 4 is 5.96 Å². The first kappa shape index (κ1) is 20.5. The van der Waals surface area contributed by atoms with E-state index < -0.39 is 0 Å². The Morgan fingerprint density at radius 2 is 2.12 bits per heavy atom. The molecule has 0 aromatic carbocycles. The lowest BCUT2D eigenvalue weighted by Gasteiger charge is -2.21. The number of aliphatic imine (C=N–C) groups is 1. The van der Waals surface area contributed by atoms with E-state index in [9.17, 15) is 0 Å². The molecule has 0 amide bonds. The fraction of sp³-hybridized carbons (Fsp3) is 0.706. The number of guanidine groups is 1. The summed E-state index contributed by atoms with van der Waals surface area (Å²) in [4.78, 5) is 6.78. The van der Waals surface area contributed by atoms with E-state index in [0.717, 1.165) is 31.2 Å². The maximum absolute atomic E-state index is 5.52. The summed E-state index contributed by atoms with van der Waals surface area (Å²) in [5, 5.41) is 6.59. The van der Waals surface area contributed by atoms with Gasteiger partial charge in [0.15, 0.2) is 5.96 Å². The van der Waals surface area contributed by atoms with Crippen LogP contribution in [0.5, 0.6) is 0 Å². The number of likely N-dealkylation sites (N-methyl/N-ethyl adjacent to an activating group) is 1. The summed E-state index contributed by atoms with van der Waals surface area (Å²) in [5.74, 6) is 1.74. The van der Waals surface area contributed by atoms with Gasteiger partial charge in [-0.1, -0.05) is 0 Å². The Morgan fingerprint density at radius 3 is 2.75 bits per heavy atom. The molecule has 7 heteroatoms. The highest BCUT2D eigenvalue weighted by molar-refractivity contribution is 5.79. The number of nitrogens with one attached hydrogen (secondary N) is 2. The smallest absolute Gasteiger partial charge is 0.191 e. The zero-order chi connectivity index (χ0) is 17.6. The van der Waals surface area contributed by atoms with Gasteiger partial charge >= 0.3 is 0 Å². The fourth-order valence-electron chi connectivity index (χ4n) is 2.13. The van der Waals surface area contributed by atoms with Crippen LogP contribution in [0.1, 0.15) is 25.1 Å². The zero-order valence-electron chi connectivity index (χ0n) is 15.4. The van der Waals surface area contributed by atoms with E-state index in [2.05, 4.69) is 27.4 Å². The highest BCUT2D eigenvalue weighted by atomic mass is 16.5. The van der Waals surface area contributed by atoms with Crippen LogP contribution >= 0.6 is 0 Å². The van der Waals surface area contributed by atoms with Crippen molar-refractivity contribution in [3.63, 3.8) is 0 Å². The van der Waals surface area contributed by atoms with Gasteiger partial charge in [-0.25, -0.2) is 0 Å². The highest BCUT2D eigenvalue weighted by Gasteiger charge is 2.16. The molecule has 7 nitrogen and oxygen atoms in total. The second-order valence-electron chi connectivity index (χ2n) is 5.60. The molecule has 0 radical (unpaired) electrons. The Bertz CT molecular complexity index is 435. The number of furan rings is 1. The molecule has 0 saturated carbocycles. The Hall–Kier alpha value is -1.57. The van der Waals surface area contributed by atoms with Gasteiger partial charge in [0.25, 0.3) is 0 Å². The lowest BCUT2D eigenvalue weighted by Crippen LogP contribution is -2.38. The zero-order valence-corrected chi connectivity index (χ0v) is 15.4. The predicted octanol–water partition coefficient (Wildman–Crippen LogP) is 1.49. The molecular formula is C17H32N4O3. The third kappa shape index (κ3) is 8.33. The van der Waals surface area contributed by atoms with Gasteiger partial charge < -0.3 is 24.5 Å². The Kier molecular flexibility index (Phi) is 10.9.